The molecule has 1 saturated heterocycles. The maximum Gasteiger partial charge on any atom is 0.511 e. The van der Waals surface area contributed by atoms with Gasteiger partial charge in [-0.25, -0.2) is 18.1 Å². The molecular weight excluding hydrogens is 521 g/mol. The highest BCUT2D eigenvalue weighted by Crippen LogP contribution is 2.36. The van der Waals surface area contributed by atoms with Crippen LogP contribution in [0.25, 0.3) is 10.9 Å². The van der Waals surface area contributed by atoms with Crippen LogP contribution in [0.2, 0.25) is 0 Å². The van der Waals surface area contributed by atoms with Gasteiger partial charge in [-0.1, -0.05) is 6.07 Å². The molecule has 2 aromatic heterocycles. The van der Waals surface area contributed by atoms with Crippen LogP contribution >= 0.6 is 0 Å². The Morgan fingerprint density at radius 3 is 2.61 bits per heavy atom. The molecule has 206 valence electrons. The Morgan fingerprint density at radius 2 is 1.89 bits per heavy atom. The van der Waals surface area contributed by atoms with E-state index in [1.54, 1.807) is 18.6 Å². The lowest BCUT2D eigenvalue weighted by molar-refractivity contribution is -0.0460. The van der Waals surface area contributed by atoms with Crippen molar-refractivity contribution in [2.24, 2.45) is 13.0 Å². The van der Waals surface area contributed by atoms with Gasteiger partial charge in [-0.3, -0.25) is 9.67 Å². The van der Waals surface area contributed by atoms with Gasteiger partial charge >= 0.3 is 15.5 Å². The van der Waals surface area contributed by atoms with E-state index in [1.165, 1.54) is 5.56 Å². The van der Waals surface area contributed by atoms with Gasteiger partial charge < -0.3 is 9.64 Å². The van der Waals surface area contributed by atoms with Crippen molar-refractivity contribution in [3.8, 4) is 0 Å². The van der Waals surface area contributed by atoms with Crippen molar-refractivity contribution in [2.75, 3.05) is 24.6 Å². The summed E-state index contributed by atoms with van der Waals surface area (Å²) in [6.45, 7) is 0.815. The summed E-state index contributed by atoms with van der Waals surface area (Å²) in [4.78, 5) is 10.3. The summed E-state index contributed by atoms with van der Waals surface area (Å²) in [7, 11) is -3.55. The van der Waals surface area contributed by atoms with E-state index in [9.17, 15) is 21.6 Å². The van der Waals surface area contributed by atoms with E-state index < -0.39 is 27.5 Å². The second-order valence-corrected chi connectivity index (χ2v) is 11.8. The molecule has 1 N–H and O–H groups in total. The number of aryl methyl sites for hydroxylation is 1. The average Bonchev–Trinajstić information content (AvgIpc) is 3.28. The lowest BCUT2D eigenvalue weighted by atomic mass is 9.82. The third-order valence-corrected chi connectivity index (χ3v) is 8.90. The first-order valence-corrected chi connectivity index (χ1v) is 14.2. The number of anilines is 1. The van der Waals surface area contributed by atoms with Gasteiger partial charge in [0.2, 0.25) is 0 Å². The first kappa shape index (κ1) is 26.8. The van der Waals surface area contributed by atoms with Crippen LogP contribution in [0.4, 0.5) is 19.0 Å². The molecule has 1 aromatic carbocycles. The zero-order chi connectivity index (χ0) is 26.9. The Balaban J connectivity index is 1.21. The van der Waals surface area contributed by atoms with Gasteiger partial charge in [-0.15, -0.1) is 0 Å². The number of hydrogen-bond donors (Lipinski definition) is 1. The van der Waals surface area contributed by atoms with Crippen LogP contribution in [0.1, 0.15) is 43.6 Å². The molecule has 2 aliphatic rings. The number of piperidine rings is 1. The Morgan fingerprint density at radius 1 is 1.11 bits per heavy atom. The lowest BCUT2D eigenvalue weighted by Gasteiger charge is -2.40. The topological polar surface area (TPSA) is 102 Å². The summed E-state index contributed by atoms with van der Waals surface area (Å²) in [6.07, 6.45) is 10.2. The van der Waals surface area contributed by atoms with E-state index in [2.05, 4.69) is 33.3 Å². The molecule has 2 atom stereocenters. The van der Waals surface area contributed by atoms with Gasteiger partial charge in [-0.05, 0) is 55.7 Å². The minimum atomic E-state index is -5.47. The number of fused-ring (bicyclic) bond motifs is 1. The van der Waals surface area contributed by atoms with Crippen molar-refractivity contribution in [1.82, 2.24) is 24.5 Å². The summed E-state index contributed by atoms with van der Waals surface area (Å²) in [5.74, 6) is 0.530. The number of hydrogen-bond acceptors (Lipinski definition) is 7. The number of nitrogens with one attached hydrogen (secondary N) is 1. The Kier molecular flexibility index (Phi) is 7.60. The molecule has 1 saturated carbocycles. The van der Waals surface area contributed by atoms with Crippen LogP contribution in [-0.2, 0) is 21.8 Å². The number of aromatic nitrogens is 4. The van der Waals surface area contributed by atoms with Gasteiger partial charge in [0.05, 0.1) is 30.6 Å². The van der Waals surface area contributed by atoms with Crippen LogP contribution in [0.3, 0.4) is 0 Å². The number of rotatable bonds is 7. The van der Waals surface area contributed by atoms with E-state index in [4.69, 9.17) is 4.74 Å². The maximum atomic E-state index is 13.1. The van der Waals surface area contributed by atoms with E-state index >= 15 is 0 Å². The molecule has 3 heterocycles. The van der Waals surface area contributed by atoms with Crippen LogP contribution < -0.4 is 9.62 Å². The van der Waals surface area contributed by atoms with E-state index in [1.807, 2.05) is 27.5 Å². The first-order valence-electron chi connectivity index (χ1n) is 12.7. The smallest absolute Gasteiger partial charge is 0.378 e. The van der Waals surface area contributed by atoms with Crippen LogP contribution in [0.5, 0.6) is 0 Å². The standard InChI is InChI=1S/C25H31F3N6O3S/c1-33-23-7-4-18(12-19(23)13-31-33)17-2-5-21(6-3-17)37-16-20-15-34(24-14-29-9-10-30-24)11-8-22(20)32-38(35,36)25(26,27)28/h4,7,9-10,12-14,17,20-22,32H,2-3,5-6,8,11,15-16H2,1H3/t17?,20-,21?,22-/m0/s1. The minimum absolute atomic E-state index is 0.0276. The molecule has 0 spiro atoms. The molecule has 1 aliphatic carbocycles. The number of halogens is 3. The number of nitrogens with zero attached hydrogens (tertiary/aromatic N) is 5. The van der Waals surface area contributed by atoms with Gasteiger partial charge in [0.25, 0.3) is 0 Å². The quantitative estimate of drug-likeness (QED) is 0.477. The Hall–Kier alpha value is -2.77. The number of benzene rings is 1. The largest absolute Gasteiger partial charge is 0.511 e. The van der Waals surface area contributed by atoms with E-state index in [-0.39, 0.29) is 19.1 Å². The maximum absolute atomic E-state index is 13.1. The molecule has 0 unspecified atom stereocenters. The fraction of sp³-hybridized carbons (Fsp3) is 0.560. The van der Waals surface area contributed by atoms with E-state index in [0.29, 0.717) is 24.8 Å². The SMILES string of the molecule is Cn1ncc2cc(C3CCC(OC[C@@H]4CN(c5cnccn5)CC[C@@H]4NS(=O)(=O)C(F)(F)F)CC3)ccc21. The average molecular weight is 553 g/mol. The van der Waals surface area contributed by atoms with Gasteiger partial charge in [-0.2, -0.15) is 18.3 Å². The Labute approximate surface area is 219 Å². The van der Waals surface area contributed by atoms with Gasteiger partial charge in [0.15, 0.2) is 0 Å². The summed E-state index contributed by atoms with van der Waals surface area (Å²) in [6, 6.07) is 5.54. The minimum Gasteiger partial charge on any atom is -0.378 e. The fourth-order valence-corrected chi connectivity index (χ4v) is 6.39. The number of ether oxygens (including phenoxy) is 1. The van der Waals surface area contributed by atoms with Crippen LogP contribution in [0.15, 0.2) is 43.0 Å². The summed E-state index contributed by atoms with van der Waals surface area (Å²) < 4.78 is 72.9. The predicted molar refractivity (Wildman–Crippen MR) is 136 cm³/mol. The zero-order valence-electron chi connectivity index (χ0n) is 21.0. The molecule has 9 nitrogen and oxygen atoms in total. The fourth-order valence-electron chi connectivity index (χ4n) is 5.54. The van der Waals surface area contributed by atoms with E-state index in [0.717, 1.165) is 36.6 Å². The monoisotopic (exact) mass is 552 g/mol. The van der Waals surface area contributed by atoms with Crippen molar-refractivity contribution in [3.63, 3.8) is 0 Å². The normalized spacial score (nSPS) is 25.1. The van der Waals surface area contributed by atoms with Gasteiger partial charge in [0, 0.05) is 49.9 Å². The van der Waals surface area contributed by atoms with Crippen molar-refractivity contribution >= 4 is 26.7 Å². The number of alkyl halides is 3. The highest BCUT2D eigenvalue weighted by atomic mass is 32.2. The third kappa shape index (κ3) is 5.79. The summed E-state index contributed by atoms with van der Waals surface area (Å²) >= 11 is 0. The van der Waals surface area contributed by atoms with Gasteiger partial charge in [0.1, 0.15) is 5.82 Å². The van der Waals surface area contributed by atoms with Crippen molar-refractivity contribution < 1.29 is 26.3 Å². The summed E-state index contributed by atoms with van der Waals surface area (Å²) in [5, 5.41) is 5.42. The second kappa shape index (κ2) is 10.8. The second-order valence-electron chi connectivity index (χ2n) is 10.1. The molecule has 5 rings (SSSR count). The lowest BCUT2D eigenvalue weighted by Crippen LogP contribution is -2.55. The molecule has 3 aromatic rings. The number of sulfonamides is 1. The molecule has 0 radical (unpaired) electrons. The molecule has 38 heavy (non-hydrogen) atoms. The van der Waals surface area contributed by atoms with Crippen molar-refractivity contribution in [1.29, 1.82) is 0 Å². The Bertz CT molecular complexity index is 1340. The first-order chi connectivity index (χ1) is 18.1. The zero-order valence-corrected chi connectivity index (χ0v) is 21.8. The third-order valence-electron chi connectivity index (χ3n) is 7.68. The van der Waals surface area contributed by atoms with Crippen LogP contribution in [-0.4, -0.2) is 65.5 Å². The molecule has 0 amide bonds. The molecular formula is C25H31F3N6O3S. The highest BCUT2D eigenvalue weighted by Gasteiger charge is 2.48. The van der Waals surface area contributed by atoms with Crippen molar-refractivity contribution in [3.05, 3.63) is 48.5 Å². The van der Waals surface area contributed by atoms with Crippen molar-refractivity contribution in [2.45, 2.75) is 55.7 Å². The molecule has 1 aliphatic heterocycles. The predicted octanol–water partition coefficient (Wildman–Crippen LogP) is 3.74. The molecule has 2 fully saturated rings. The molecule has 0 bridgehead atoms. The summed E-state index contributed by atoms with van der Waals surface area (Å²) in [5.41, 5.74) is -3.00. The highest BCUT2D eigenvalue weighted by molar-refractivity contribution is 7.90. The van der Waals surface area contributed by atoms with Crippen LogP contribution in [0, 0.1) is 5.92 Å². The molecule has 13 heteroatoms.